The molecule has 3 nitrogen and oxygen atoms in total. The summed E-state index contributed by atoms with van der Waals surface area (Å²) in [6, 6.07) is 0. The molecule has 2 aliphatic rings. The summed E-state index contributed by atoms with van der Waals surface area (Å²) in [7, 11) is 0. The lowest BCUT2D eigenvalue weighted by molar-refractivity contribution is 0.269. The van der Waals surface area contributed by atoms with E-state index in [2.05, 4.69) is 22.0 Å². The number of nitrogens with one attached hydrogen (secondary N) is 1. The molecule has 106 valence electrons. The summed E-state index contributed by atoms with van der Waals surface area (Å²) in [5.74, 6) is 2.81. The van der Waals surface area contributed by atoms with E-state index in [4.69, 9.17) is 0 Å². The van der Waals surface area contributed by atoms with Gasteiger partial charge in [0, 0.05) is 23.9 Å². The van der Waals surface area contributed by atoms with E-state index in [-0.39, 0.29) is 0 Å². The molecule has 2 fully saturated rings. The van der Waals surface area contributed by atoms with Gasteiger partial charge in [0.05, 0.1) is 11.9 Å². The SMILES string of the molecule is CCCCCSc1cn[nH]c1[C@@H]1CN2CCCC1C2. The minimum atomic E-state index is 0.707. The van der Waals surface area contributed by atoms with Crippen LogP contribution in [-0.4, -0.2) is 40.5 Å². The van der Waals surface area contributed by atoms with Crippen molar-refractivity contribution in [1.82, 2.24) is 15.1 Å². The van der Waals surface area contributed by atoms with Crippen LogP contribution in [-0.2, 0) is 0 Å². The Bertz CT molecular complexity index is 404. The Balaban J connectivity index is 1.63. The number of hydrogen-bond acceptors (Lipinski definition) is 3. The second-order valence-corrected chi connectivity index (χ2v) is 7.11. The van der Waals surface area contributed by atoms with Crippen molar-refractivity contribution in [3.63, 3.8) is 0 Å². The van der Waals surface area contributed by atoms with Crippen molar-refractivity contribution < 1.29 is 0 Å². The van der Waals surface area contributed by atoms with Crippen LogP contribution in [0.3, 0.4) is 0 Å². The van der Waals surface area contributed by atoms with Gasteiger partial charge in [-0.25, -0.2) is 0 Å². The van der Waals surface area contributed by atoms with Crippen LogP contribution in [0.4, 0.5) is 0 Å². The lowest BCUT2D eigenvalue weighted by Gasteiger charge is -2.22. The molecule has 3 heterocycles. The van der Waals surface area contributed by atoms with E-state index in [0.717, 1.165) is 5.92 Å². The molecule has 0 saturated carbocycles. The molecule has 19 heavy (non-hydrogen) atoms. The van der Waals surface area contributed by atoms with Crippen molar-refractivity contribution in [2.45, 2.75) is 49.8 Å². The van der Waals surface area contributed by atoms with Crippen LogP contribution in [0.2, 0.25) is 0 Å². The smallest absolute Gasteiger partial charge is 0.0626 e. The first-order chi connectivity index (χ1) is 9.38. The monoisotopic (exact) mass is 279 g/mol. The van der Waals surface area contributed by atoms with Crippen LogP contribution >= 0.6 is 11.8 Å². The fraction of sp³-hybridized carbons (Fsp3) is 0.800. The summed E-state index contributed by atoms with van der Waals surface area (Å²) in [6.07, 6.45) is 8.81. The maximum Gasteiger partial charge on any atom is 0.0626 e. The van der Waals surface area contributed by atoms with E-state index >= 15 is 0 Å². The van der Waals surface area contributed by atoms with Crippen LogP contribution in [0.25, 0.3) is 0 Å². The highest BCUT2D eigenvalue weighted by Gasteiger charge is 2.38. The molecular formula is C15H25N3S. The minimum absolute atomic E-state index is 0.707. The van der Waals surface area contributed by atoms with Crippen LogP contribution in [0.15, 0.2) is 11.1 Å². The van der Waals surface area contributed by atoms with Crippen molar-refractivity contribution in [1.29, 1.82) is 0 Å². The van der Waals surface area contributed by atoms with Gasteiger partial charge in [-0.15, -0.1) is 11.8 Å². The number of aromatic nitrogens is 2. The molecule has 2 bridgehead atoms. The van der Waals surface area contributed by atoms with Gasteiger partial charge in [-0.1, -0.05) is 19.8 Å². The first kappa shape index (κ1) is 13.5. The zero-order chi connectivity index (χ0) is 13.1. The van der Waals surface area contributed by atoms with E-state index in [1.165, 1.54) is 68.1 Å². The highest BCUT2D eigenvalue weighted by molar-refractivity contribution is 7.99. The third kappa shape index (κ3) is 3.00. The van der Waals surface area contributed by atoms with Gasteiger partial charge in [0.2, 0.25) is 0 Å². The van der Waals surface area contributed by atoms with Crippen molar-refractivity contribution in [3.05, 3.63) is 11.9 Å². The second-order valence-electron chi connectivity index (χ2n) is 5.97. The van der Waals surface area contributed by atoms with E-state index in [1.54, 1.807) is 0 Å². The molecule has 2 aliphatic heterocycles. The van der Waals surface area contributed by atoms with Gasteiger partial charge in [-0.3, -0.25) is 5.10 Å². The van der Waals surface area contributed by atoms with Gasteiger partial charge in [0.1, 0.15) is 0 Å². The van der Waals surface area contributed by atoms with Crippen LogP contribution in [0.5, 0.6) is 0 Å². The number of nitrogens with zero attached hydrogens (tertiary/aromatic N) is 2. The molecule has 0 aliphatic carbocycles. The molecule has 2 unspecified atom stereocenters. The number of unbranched alkanes of at least 4 members (excludes halogenated alkanes) is 2. The third-order valence-corrected chi connectivity index (χ3v) is 5.70. The fourth-order valence-corrected chi connectivity index (χ4v) is 4.59. The normalized spacial score (nSPS) is 29.8. The maximum atomic E-state index is 4.32. The third-order valence-electron chi connectivity index (χ3n) is 4.57. The van der Waals surface area contributed by atoms with Crippen LogP contribution in [0, 0.1) is 5.92 Å². The van der Waals surface area contributed by atoms with Crippen molar-refractivity contribution >= 4 is 11.8 Å². The van der Waals surface area contributed by atoms with E-state index in [9.17, 15) is 0 Å². The molecule has 2 saturated heterocycles. The minimum Gasteiger partial charge on any atom is -0.302 e. The summed E-state index contributed by atoms with van der Waals surface area (Å²) < 4.78 is 0. The van der Waals surface area contributed by atoms with Crippen molar-refractivity contribution in [2.75, 3.05) is 25.4 Å². The summed E-state index contributed by atoms with van der Waals surface area (Å²) >= 11 is 2.00. The Hall–Kier alpha value is -0.480. The summed E-state index contributed by atoms with van der Waals surface area (Å²) in [5.41, 5.74) is 1.43. The number of H-pyrrole nitrogens is 1. The molecule has 0 amide bonds. The van der Waals surface area contributed by atoms with Gasteiger partial charge in [-0.2, -0.15) is 5.10 Å². The summed E-state index contributed by atoms with van der Waals surface area (Å²) in [4.78, 5) is 4.04. The number of rotatable bonds is 6. The molecule has 0 radical (unpaired) electrons. The number of thioether (sulfide) groups is 1. The fourth-order valence-electron chi connectivity index (χ4n) is 3.54. The number of hydrogen-bond donors (Lipinski definition) is 1. The average Bonchev–Trinajstić information content (AvgIpc) is 2.99. The van der Waals surface area contributed by atoms with E-state index < -0.39 is 0 Å². The predicted molar refractivity (Wildman–Crippen MR) is 80.7 cm³/mol. The maximum absolute atomic E-state index is 4.32. The average molecular weight is 279 g/mol. The molecule has 1 aromatic rings. The molecule has 3 rings (SSSR count). The van der Waals surface area contributed by atoms with Crippen LogP contribution < -0.4 is 0 Å². The highest BCUT2D eigenvalue weighted by atomic mass is 32.2. The van der Waals surface area contributed by atoms with E-state index in [1.807, 2.05) is 18.0 Å². The standard InChI is InChI=1S/C15H25N3S/c1-2-3-4-8-19-14-9-16-17-15(14)13-11-18-7-5-6-12(13)10-18/h9,12-13H,2-8,10-11H2,1H3,(H,16,17)/t12?,13-/m1/s1. The van der Waals surface area contributed by atoms with Crippen molar-refractivity contribution in [3.8, 4) is 0 Å². The van der Waals surface area contributed by atoms with Gasteiger partial charge in [-0.05, 0) is 37.5 Å². The Kier molecular flexibility index (Phi) is 4.49. The predicted octanol–water partition coefficient (Wildman–Crippen LogP) is 3.50. The Morgan fingerprint density at radius 1 is 1.42 bits per heavy atom. The van der Waals surface area contributed by atoms with E-state index in [0.29, 0.717) is 5.92 Å². The second kappa shape index (κ2) is 6.31. The summed E-state index contributed by atoms with van der Waals surface area (Å²) in [5, 5.41) is 7.62. The number of aromatic amines is 1. The highest BCUT2D eigenvalue weighted by Crippen LogP contribution is 2.41. The van der Waals surface area contributed by atoms with Gasteiger partial charge in [0.25, 0.3) is 0 Å². The quantitative estimate of drug-likeness (QED) is 0.639. The van der Waals surface area contributed by atoms with Crippen LogP contribution in [0.1, 0.15) is 50.6 Å². The Morgan fingerprint density at radius 2 is 2.37 bits per heavy atom. The molecule has 4 heteroatoms. The Morgan fingerprint density at radius 3 is 3.21 bits per heavy atom. The largest absolute Gasteiger partial charge is 0.302 e. The molecule has 0 aromatic carbocycles. The molecule has 0 spiro atoms. The van der Waals surface area contributed by atoms with Gasteiger partial charge >= 0.3 is 0 Å². The molecule has 1 aromatic heterocycles. The van der Waals surface area contributed by atoms with Gasteiger partial charge in [0.15, 0.2) is 0 Å². The molecule has 3 atom stereocenters. The lowest BCUT2D eigenvalue weighted by Crippen LogP contribution is -2.25. The first-order valence-electron chi connectivity index (χ1n) is 7.77. The van der Waals surface area contributed by atoms with Crippen molar-refractivity contribution in [2.24, 2.45) is 5.92 Å². The first-order valence-corrected chi connectivity index (χ1v) is 8.75. The topological polar surface area (TPSA) is 31.9 Å². The zero-order valence-electron chi connectivity index (χ0n) is 11.9. The summed E-state index contributed by atoms with van der Waals surface area (Å²) in [6.45, 7) is 6.13. The van der Waals surface area contributed by atoms with Gasteiger partial charge < -0.3 is 4.90 Å². The molecule has 1 N–H and O–H groups in total. The lowest BCUT2D eigenvalue weighted by atomic mass is 9.89. The molecular weight excluding hydrogens is 254 g/mol. The Labute approximate surface area is 120 Å². The number of fused-ring (bicyclic) bond motifs is 2. The zero-order valence-corrected chi connectivity index (χ0v) is 12.7. The number of piperidine rings is 1.